The maximum absolute atomic E-state index is 12.4. The molecule has 0 unspecified atom stereocenters. The van der Waals surface area contributed by atoms with E-state index in [0.717, 1.165) is 36.0 Å². The van der Waals surface area contributed by atoms with Crippen LogP contribution in [0.1, 0.15) is 50.8 Å². The SMILES string of the molecule is CC/C=C(/CCNC(=O)C(/C=C(/C=O)CCC)=N/C)c1cc(Cl)cnc1C. The molecule has 0 spiro atoms. The number of rotatable bonds is 10. The number of carbonyl (C=O) groups is 2. The summed E-state index contributed by atoms with van der Waals surface area (Å²) in [5, 5.41) is 3.46. The molecule has 0 saturated heterocycles. The van der Waals surface area contributed by atoms with E-state index in [1.54, 1.807) is 19.3 Å². The van der Waals surface area contributed by atoms with Gasteiger partial charge in [0.15, 0.2) is 0 Å². The van der Waals surface area contributed by atoms with Crippen molar-refractivity contribution < 1.29 is 9.59 Å². The van der Waals surface area contributed by atoms with Crippen LogP contribution < -0.4 is 5.32 Å². The highest BCUT2D eigenvalue weighted by Gasteiger charge is 2.11. The molecule has 0 saturated carbocycles. The van der Waals surface area contributed by atoms with Crippen molar-refractivity contribution in [3.05, 3.63) is 46.3 Å². The molecule has 0 atom stereocenters. The lowest BCUT2D eigenvalue weighted by atomic mass is 10.0. The number of nitrogens with one attached hydrogen (secondary N) is 1. The van der Waals surface area contributed by atoms with Crippen molar-refractivity contribution in [3.8, 4) is 0 Å². The van der Waals surface area contributed by atoms with Crippen LogP contribution in [0.3, 0.4) is 0 Å². The van der Waals surface area contributed by atoms with Gasteiger partial charge in [-0.1, -0.05) is 37.9 Å². The molecule has 0 aliphatic carbocycles. The van der Waals surface area contributed by atoms with Crippen LogP contribution in [0.4, 0.5) is 0 Å². The zero-order valence-electron chi connectivity index (χ0n) is 16.5. The van der Waals surface area contributed by atoms with Gasteiger partial charge in [-0.05, 0) is 49.5 Å². The van der Waals surface area contributed by atoms with Gasteiger partial charge in [-0.15, -0.1) is 0 Å². The van der Waals surface area contributed by atoms with Crippen LogP contribution in [0.2, 0.25) is 5.02 Å². The van der Waals surface area contributed by atoms with Crippen LogP contribution in [-0.4, -0.2) is 36.5 Å². The Morgan fingerprint density at radius 3 is 2.67 bits per heavy atom. The topological polar surface area (TPSA) is 71.4 Å². The molecule has 0 aliphatic rings. The predicted octanol–water partition coefficient (Wildman–Crippen LogP) is 4.34. The lowest BCUT2D eigenvalue weighted by Crippen LogP contribution is -2.31. The van der Waals surface area contributed by atoms with Crippen molar-refractivity contribution in [2.75, 3.05) is 13.6 Å². The Morgan fingerprint density at radius 1 is 1.33 bits per heavy atom. The van der Waals surface area contributed by atoms with Gasteiger partial charge in [0.2, 0.25) is 0 Å². The Balaban J connectivity index is 2.81. The number of halogens is 1. The number of amides is 1. The number of hydrogen-bond donors (Lipinski definition) is 1. The molecule has 1 N–H and O–H groups in total. The highest BCUT2D eigenvalue weighted by Crippen LogP contribution is 2.24. The summed E-state index contributed by atoms with van der Waals surface area (Å²) in [6.07, 6.45) is 9.06. The zero-order chi connectivity index (χ0) is 20.2. The third-order valence-corrected chi connectivity index (χ3v) is 4.22. The van der Waals surface area contributed by atoms with Gasteiger partial charge in [0.25, 0.3) is 5.91 Å². The molecule has 1 heterocycles. The first-order valence-corrected chi connectivity index (χ1v) is 9.56. The molecule has 1 aromatic rings. The summed E-state index contributed by atoms with van der Waals surface area (Å²) < 4.78 is 0. The van der Waals surface area contributed by atoms with E-state index in [-0.39, 0.29) is 11.6 Å². The average molecular weight is 390 g/mol. The Bertz CT molecular complexity index is 752. The molecule has 146 valence electrons. The summed E-state index contributed by atoms with van der Waals surface area (Å²) >= 11 is 6.08. The van der Waals surface area contributed by atoms with E-state index in [4.69, 9.17) is 11.6 Å². The maximum Gasteiger partial charge on any atom is 0.269 e. The van der Waals surface area contributed by atoms with Gasteiger partial charge in [0.1, 0.15) is 12.0 Å². The zero-order valence-corrected chi connectivity index (χ0v) is 17.3. The largest absolute Gasteiger partial charge is 0.350 e. The van der Waals surface area contributed by atoms with Crippen LogP contribution in [0.25, 0.3) is 5.57 Å². The molecule has 0 fully saturated rings. The monoisotopic (exact) mass is 389 g/mol. The van der Waals surface area contributed by atoms with Gasteiger partial charge in [0.05, 0.1) is 5.02 Å². The third-order valence-electron chi connectivity index (χ3n) is 4.02. The maximum atomic E-state index is 12.4. The summed E-state index contributed by atoms with van der Waals surface area (Å²) in [7, 11) is 1.54. The van der Waals surface area contributed by atoms with Gasteiger partial charge >= 0.3 is 0 Å². The van der Waals surface area contributed by atoms with E-state index in [1.807, 2.05) is 19.9 Å². The van der Waals surface area contributed by atoms with E-state index in [1.165, 1.54) is 0 Å². The standard InChI is InChI=1S/C21H28ClN3O2/c1-5-7-16(14-26)11-20(23-4)21(27)24-10-9-17(8-6-2)19-12-18(22)13-25-15(19)3/h8,11-14H,5-7,9-10H2,1-4H3,(H,24,27)/b16-11+,17-8-,23-20+. The number of nitrogens with zero attached hydrogens (tertiary/aromatic N) is 2. The second-order valence-electron chi connectivity index (χ2n) is 6.13. The number of allylic oxidation sites excluding steroid dienone is 2. The van der Waals surface area contributed by atoms with Crippen molar-refractivity contribution in [2.24, 2.45) is 4.99 Å². The van der Waals surface area contributed by atoms with Crippen molar-refractivity contribution in [1.82, 2.24) is 10.3 Å². The molecule has 27 heavy (non-hydrogen) atoms. The number of aliphatic imine (C=N–C) groups is 1. The van der Waals surface area contributed by atoms with Gasteiger partial charge in [-0.2, -0.15) is 0 Å². The molecule has 0 aliphatic heterocycles. The molecule has 5 nitrogen and oxygen atoms in total. The van der Waals surface area contributed by atoms with Crippen LogP contribution in [0.15, 0.2) is 35.0 Å². The van der Waals surface area contributed by atoms with Crippen molar-refractivity contribution in [3.63, 3.8) is 0 Å². The molecular weight excluding hydrogens is 362 g/mol. The molecule has 1 rings (SSSR count). The predicted molar refractivity (Wildman–Crippen MR) is 112 cm³/mol. The van der Waals surface area contributed by atoms with Crippen LogP contribution >= 0.6 is 11.6 Å². The number of aryl methyl sites for hydroxylation is 1. The Kier molecular flexibility index (Phi) is 10.3. The van der Waals surface area contributed by atoms with E-state index >= 15 is 0 Å². The summed E-state index contributed by atoms with van der Waals surface area (Å²) in [6.45, 7) is 6.43. The summed E-state index contributed by atoms with van der Waals surface area (Å²) in [5.74, 6) is -0.287. The lowest BCUT2D eigenvalue weighted by molar-refractivity contribution is -0.114. The average Bonchev–Trinajstić information content (AvgIpc) is 2.66. The molecule has 0 radical (unpaired) electrons. The van der Waals surface area contributed by atoms with E-state index in [2.05, 4.69) is 28.3 Å². The quantitative estimate of drug-likeness (QED) is 0.367. The highest BCUT2D eigenvalue weighted by molar-refractivity contribution is 6.43. The molecule has 0 aromatic carbocycles. The first kappa shape index (κ1) is 22.8. The summed E-state index contributed by atoms with van der Waals surface area (Å²) in [5.41, 5.74) is 3.82. The summed E-state index contributed by atoms with van der Waals surface area (Å²) in [6, 6.07) is 1.90. The lowest BCUT2D eigenvalue weighted by Gasteiger charge is -2.12. The Morgan fingerprint density at radius 2 is 2.07 bits per heavy atom. The fourth-order valence-corrected chi connectivity index (χ4v) is 2.85. The molecule has 6 heteroatoms. The second-order valence-corrected chi connectivity index (χ2v) is 6.56. The number of carbonyl (C=O) groups excluding carboxylic acids is 2. The minimum absolute atomic E-state index is 0.257. The van der Waals surface area contributed by atoms with E-state index in [0.29, 0.717) is 30.0 Å². The van der Waals surface area contributed by atoms with Crippen LogP contribution in [0.5, 0.6) is 0 Å². The molecule has 0 bridgehead atoms. The molecule has 1 aromatic heterocycles. The van der Waals surface area contributed by atoms with Crippen molar-refractivity contribution in [1.29, 1.82) is 0 Å². The van der Waals surface area contributed by atoms with Crippen LogP contribution in [-0.2, 0) is 9.59 Å². The smallest absolute Gasteiger partial charge is 0.269 e. The van der Waals surface area contributed by atoms with Gasteiger partial charge in [-0.25, -0.2) is 0 Å². The Labute approximate surface area is 166 Å². The van der Waals surface area contributed by atoms with Crippen molar-refractivity contribution >= 4 is 35.1 Å². The highest BCUT2D eigenvalue weighted by atomic mass is 35.5. The fraction of sp³-hybridized carbons (Fsp3) is 0.429. The van der Waals surface area contributed by atoms with Crippen molar-refractivity contribution in [2.45, 2.75) is 46.5 Å². The first-order chi connectivity index (χ1) is 13.0. The van der Waals surface area contributed by atoms with E-state index < -0.39 is 0 Å². The number of pyridine rings is 1. The molecule has 1 amide bonds. The number of aromatic nitrogens is 1. The number of aldehydes is 1. The van der Waals surface area contributed by atoms with Crippen LogP contribution in [0, 0.1) is 6.92 Å². The van der Waals surface area contributed by atoms with E-state index in [9.17, 15) is 9.59 Å². The van der Waals surface area contributed by atoms with Gasteiger partial charge < -0.3 is 5.32 Å². The minimum atomic E-state index is -0.287. The number of hydrogen-bond acceptors (Lipinski definition) is 4. The fourth-order valence-electron chi connectivity index (χ4n) is 2.69. The second kappa shape index (κ2) is 12.2. The molecular formula is C21H28ClN3O2. The van der Waals surface area contributed by atoms with Gasteiger partial charge in [0, 0.05) is 31.0 Å². The van der Waals surface area contributed by atoms with Gasteiger partial charge in [-0.3, -0.25) is 19.6 Å². The first-order valence-electron chi connectivity index (χ1n) is 9.19. The summed E-state index contributed by atoms with van der Waals surface area (Å²) in [4.78, 5) is 31.8. The minimum Gasteiger partial charge on any atom is -0.350 e. The normalized spacial score (nSPS) is 12.9. The Hall–Kier alpha value is -2.27. The third kappa shape index (κ3) is 7.47.